The Labute approximate surface area is 205 Å². The predicted octanol–water partition coefficient (Wildman–Crippen LogP) is 4.49. The molecule has 0 saturated carbocycles. The summed E-state index contributed by atoms with van der Waals surface area (Å²) in [7, 11) is -3.57. The number of aromatic nitrogens is 3. The van der Waals surface area contributed by atoms with Gasteiger partial charge in [0, 0.05) is 12.2 Å². The summed E-state index contributed by atoms with van der Waals surface area (Å²) >= 11 is 1.28. The fourth-order valence-electron chi connectivity index (χ4n) is 3.30. The second-order valence-corrected chi connectivity index (χ2v) is 10.8. The SMILES string of the molecule is CCOc1ccc(NC(=O)C(CC)Sc2nnc(CS(=O)(=O)c3ccc(C)cc3)n2CC)cc1. The highest BCUT2D eigenvalue weighted by molar-refractivity contribution is 8.00. The lowest BCUT2D eigenvalue weighted by molar-refractivity contribution is -0.115. The number of hydrogen-bond donors (Lipinski definition) is 1. The minimum Gasteiger partial charge on any atom is -0.494 e. The van der Waals surface area contributed by atoms with E-state index in [9.17, 15) is 13.2 Å². The molecular formula is C24H30N4O4S2. The summed E-state index contributed by atoms with van der Waals surface area (Å²) in [5, 5.41) is 11.4. The summed E-state index contributed by atoms with van der Waals surface area (Å²) in [4.78, 5) is 13.1. The number of carbonyl (C=O) groups excluding carboxylic acids is 1. The first-order valence-electron chi connectivity index (χ1n) is 11.2. The van der Waals surface area contributed by atoms with E-state index in [0.29, 0.717) is 36.2 Å². The number of nitrogens with one attached hydrogen (secondary N) is 1. The number of sulfone groups is 1. The molecule has 0 radical (unpaired) electrons. The molecule has 0 bridgehead atoms. The van der Waals surface area contributed by atoms with Crippen LogP contribution in [0.5, 0.6) is 5.75 Å². The van der Waals surface area contributed by atoms with Crippen LogP contribution in [0, 0.1) is 6.92 Å². The van der Waals surface area contributed by atoms with Gasteiger partial charge in [0.2, 0.25) is 5.91 Å². The maximum Gasteiger partial charge on any atom is 0.237 e. The van der Waals surface area contributed by atoms with Crippen LogP contribution in [-0.2, 0) is 26.9 Å². The monoisotopic (exact) mass is 502 g/mol. The molecule has 1 amide bonds. The predicted molar refractivity (Wildman–Crippen MR) is 134 cm³/mol. The Kier molecular flexibility index (Phi) is 8.73. The van der Waals surface area contributed by atoms with E-state index < -0.39 is 15.1 Å². The number of anilines is 1. The molecule has 34 heavy (non-hydrogen) atoms. The van der Waals surface area contributed by atoms with Gasteiger partial charge in [-0.2, -0.15) is 0 Å². The Morgan fingerprint density at radius 3 is 2.32 bits per heavy atom. The van der Waals surface area contributed by atoms with Crippen LogP contribution < -0.4 is 10.1 Å². The van der Waals surface area contributed by atoms with Gasteiger partial charge in [-0.1, -0.05) is 36.4 Å². The van der Waals surface area contributed by atoms with E-state index >= 15 is 0 Å². The van der Waals surface area contributed by atoms with E-state index in [4.69, 9.17) is 4.74 Å². The van der Waals surface area contributed by atoms with Crippen LogP contribution in [0.2, 0.25) is 0 Å². The molecule has 0 aliphatic carbocycles. The van der Waals surface area contributed by atoms with Crippen LogP contribution in [0.1, 0.15) is 38.6 Å². The number of hydrogen-bond acceptors (Lipinski definition) is 7. The van der Waals surface area contributed by atoms with Crippen LogP contribution in [0.3, 0.4) is 0 Å². The third-order valence-corrected chi connectivity index (χ3v) is 8.13. The van der Waals surface area contributed by atoms with Crippen molar-refractivity contribution in [3.63, 3.8) is 0 Å². The maximum atomic E-state index is 12.9. The normalized spacial score (nSPS) is 12.4. The second-order valence-electron chi connectivity index (χ2n) is 7.68. The van der Waals surface area contributed by atoms with E-state index in [1.54, 1.807) is 41.0 Å². The Balaban J connectivity index is 1.72. The van der Waals surface area contributed by atoms with E-state index in [-0.39, 0.29) is 16.6 Å². The zero-order chi connectivity index (χ0) is 24.7. The van der Waals surface area contributed by atoms with Crippen molar-refractivity contribution >= 4 is 33.2 Å². The molecule has 8 nitrogen and oxygen atoms in total. The van der Waals surface area contributed by atoms with Crippen molar-refractivity contribution in [2.45, 2.75) is 61.7 Å². The minimum atomic E-state index is -3.57. The zero-order valence-electron chi connectivity index (χ0n) is 19.8. The highest BCUT2D eigenvalue weighted by Gasteiger charge is 2.25. The van der Waals surface area contributed by atoms with Gasteiger partial charge in [-0.05, 0) is 63.6 Å². The summed E-state index contributed by atoms with van der Waals surface area (Å²) in [5.41, 5.74) is 1.66. The summed E-state index contributed by atoms with van der Waals surface area (Å²) in [5.74, 6) is 0.682. The van der Waals surface area contributed by atoms with Gasteiger partial charge in [-0.25, -0.2) is 8.42 Å². The Hall–Kier alpha value is -2.85. The van der Waals surface area contributed by atoms with Crippen molar-refractivity contribution in [1.82, 2.24) is 14.8 Å². The third kappa shape index (κ3) is 6.38. The van der Waals surface area contributed by atoms with Gasteiger partial charge < -0.3 is 14.6 Å². The molecule has 10 heteroatoms. The lowest BCUT2D eigenvalue weighted by Crippen LogP contribution is -2.25. The van der Waals surface area contributed by atoms with Gasteiger partial charge in [0.25, 0.3) is 0 Å². The van der Waals surface area contributed by atoms with Gasteiger partial charge in [0.15, 0.2) is 15.0 Å². The number of benzene rings is 2. The molecular weight excluding hydrogens is 472 g/mol. The van der Waals surface area contributed by atoms with E-state index in [0.717, 1.165) is 11.3 Å². The first-order chi connectivity index (χ1) is 16.3. The fourth-order valence-corrected chi connectivity index (χ4v) is 5.61. The standard InChI is InChI=1S/C24H30N4O4S2/c1-5-21(23(29)25-18-10-12-19(13-11-18)32-7-3)33-24-27-26-22(28(24)6-2)16-34(30,31)20-14-8-17(4)9-15-20/h8-15,21H,5-7,16H2,1-4H3,(H,25,29). The Morgan fingerprint density at radius 2 is 1.74 bits per heavy atom. The lowest BCUT2D eigenvalue weighted by Gasteiger charge is -2.15. The van der Waals surface area contributed by atoms with Crippen LogP contribution in [0.4, 0.5) is 5.69 Å². The van der Waals surface area contributed by atoms with Crippen molar-refractivity contribution in [3.05, 3.63) is 59.9 Å². The van der Waals surface area contributed by atoms with Crippen LogP contribution >= 0.6 is 11.8 Å². The van der Waals surface area contributed by atoms with Crippen molar-refractivity contribution in [2.75, 3.05) is 11.9 Å². The number of ether oxygens (including phenoxy) is 1. The number of thioether (sulfide) groups is 1. The number of carbonyl (C=O) groups is 1. The smallest absolute Gasteiger partial charge is 0.237 e. The third-order valence-electron chi connectivity index (χ3n) is 5.15. The second kappa shape index (κ2) is 11.5. The molecule has 1 heterocycles. The van der Waals surface area contributed by atoms with E-state index in [2.05, 4.69) is 15.5 Å². The lowest BCUT2D eigenvalue weighted by atomic mass is 10.2. The van der Waals surface area contributed by atoms with Crippen molar-refractivity contribution in [3.8, 4) is 5.75 Å². The van der Waals surface area contributed by atoms with Gasteiger partial charge in [0.1, 0.15) is 17.3 Å². The molecule has 3 rings (SSSR count). The summed E-state index contributed by atoms with van der Waals surface area (Å²) in [6.07, 6.45) is 0.571. The van der Waals surface area contributed by atoms with Crippen LogP contribution in [0.25, 0.3) is 0 Å². The molecule has 182 valence electrons. The molecule has 0 aliphatic rings. The molecule has 1 N–H and O–H groups in total. The van der Waals surface area contributed by atoms with Gasteiger partial charge in [-0.15, -0.1) is 10.2 Å². The first kappa shape index (κ1) is 25.8. The quantitative estimate of drug-likeness (QED) is 0.385. The highest BCUT2D eigenvalue weighted by Crippen LogP contribution is 2.27. The maximum absolute atomic E-state index is 12.9. The van der Waals surface area contributed by atoms with Crippen LogP contribution in [0.15, 0.2) is 58.6 Å². The number of amides is 1. The largest absolute Gasteiger partial charge is 0.494 e. The number of rotatable bonds is 11. The molecule has 0 saturated heterocycles. The Morgan fingerprint density at radius 1 is 1.06 bits per heavy atom. The van der Waals surface area contributed by atoms with E-state index in [1.165, 1.54) is 11.8 Å². The van der Waals surface area contributed by atoms with Crippen molar-refractivity contribution in [1.29, 1.82) is 0 Å². The van der Waals surface area contributed by atoms with Gasteiger partial charge in [-0.3, -0.25) is 4.79 Å². The van der Waals surface area contributed by atoms with Crippen LogP contribution in [-0.4, -0.2) is 40.9 Å². The average molecular weight is 503 g/mol. The summed E-state index contributed by atoms with van der Waals surface area (Å²) < 4.78 is 33.0. The highest BCUT2D eigenvalue weighted by atomic mass is 32.2. The molecule has 0 aliphatic heterocycles. The topological polar surface area (TPSA) is 103 Å². The number of aryl methyl sites for hydroxylation is 1. The minimum absolute atomic E-state index is 0.156. The zero-order valence-corrected chi connectivity index (χ0v) is 21.4. The van der Waals surface area contributed by atoms with Crippen molar-refractivity contribution in [2.24, 2.45) is 0 Å². The molecule has 0 fully saturated rings. The van der Waals surface area contributed by atoms with Gasteiger partial charge >= 0.3 is 0 Å². The fraction of sp³-hybridized carbons (Fsp3) is 0.375. The Bertz CT molecular complexity index is 1210. The summed E-state index contributed by atoms with van der Waals surface area (Å²) in [6, 6.07) is 14.0. The average Bonchev–Trinajstić information content (AvgIpc) is 3.19. The molecule has 0 spiro atoms. The molecule has 3 aromatic rings. The summed E-state index contributed by atoms with van der Waals surface area (Å²) in [6.45, 7) is 8.71. The molecule has 1 atom stereocenters. The number of nitrogens with zero attached hydrogens (tertiary/aromatic N) is 3. The molecule has 2 aromatic carbocycles. The first-order valence-corrected chi connectivity index (χ1v) is 13.7. The van der Waals surface area contributed by atoms with Gasteiger partial charge in [0.05, 0.1) is 16.8 Å². The van der Waals surface area contributed by atoms with E-state index in [1.807, 2.05) is 39.8 Å². The van der Waals surface area contributed by atoms with Crippen molar-refractivity contribution < 1.29 is 17.9 Å². The molecule has 1 aromatic heterocycles. The molecule has 1 unspecified atom stereocenters.